The van der Waals surface area contributed by atoms with Gasteiger partial charge in [0, 0.05) is 16.9 Å². The number of pyridine rings is 1. The van der Waals surface area contributed by atoms with Crippen LogP contribution in [0.2, 0.25) is 5.15 Å². The molecular formula is C15H15ClN2O. The van der Waals surface area contributed by atoms with E-state index in [4.69, 9.17) is 11.6 Å². The van der Waals surface area contributed by atoms with Crippen LogP contribution in [0.5, 0.6) is 0 Å². The maximum Gasteiger partial charge on any atom is 0.255 e. The number of amides is 1. The highest BCUT2D eigenvalue weighted by molar-refractivity contribution is 6.29. The van der Waals surface area contributed by atoms with Crippen LogP contribution >= 0.6 is 11.6 Å². The first kappa shape index (κ1) is 13.6. The summed E-state index contributed by atoms with van der Waals surface area (Å²) >= 11 is 5.86. The molecule has 19 heavy (non-hydrogen) atoms. The van der Waals surface area contributed by atoms with Gasteiger partial charge in [-0.1, -0.05) is 23.7 Å². The van der Waals surface area contributed by atoms with Crippen LogP contribution < -0.4 is 5.32 Å². The van der Waals surface area contributed by atoms with Crippen LogP contribution in [0.15, 0.2) is 30.3 Å². The Bertz CT molecular complexity index is 618. The minimum atomic E-state index is -0.180. The zero-order valence-corrected chi connectivity index (χ0v) is 11.9. The maximum atomic E-state index is 12.2. The fraction of sp³-hybridized carbons (Fsp3) is 0.200. The highest BCUT2D eigenvalue weighted by Crippen LogP contribution is 2.19. The van der Waals surface area contributed by atoms with Crippen molar-refractivity contribution in [1.82, 2.24) is 4.98 Å². The Kier molecular flexibility index (Phi) is 3.86. The fourth-order valence-electron chi connectivity index (χ4n) is 1.84. The van der Waals surface area contributed by atoms with Crippen molar-refractivity contribution in [1.29, 1.82) is 0 Å². The molecular weight excluding hydrogens is 260 g/mol. The summed E-state index contributed by atoms with van der Waals surface area (Å²) < 4.78 is 0. The van der Waals surface area contributed by atoms with Crippen LogP contribution in [-0.2, 0) is 0 Å². The average Bonchev–Trinajstić information content (AvgIpc) is 2.33. The number of nitrogens with one attached hydrogen (secondary N) is 1. The van der Waals surface area contributed by atoms with Crippen LogP contribution in [0.1, 0.15) is 27.2 Å². The van der Waals surface area contributed by atoms with Gasteiger partial charge in [-0.2, -0.15) is 0 Å². The summed E-state index contributed by atoms with van der Waals surface area (Å²) in [5, 5.41) is 3.22. The minimum Gasteiger partial charge on any atom is -0.322 e. The molecule has 1 aromatic heterocycles. The molecule has 0 atom stereocenters. The molecule has 2 rings (SSSR count). The van der Waals surface area contributed by atoms with E-state index in [1.807, 2.05) is 32.0 Å². The SMILES string of the molecule is Cc1cc(C(=O)Nc2cccc(C)c2C)cc(Cl)n1. The first-order chi connectivity index (χ1) is 8.97. The molecule has 0 unspecified atom stereocenters. The van der Waals surface area contributed by atoms with E-state index >= 15 is 0 Å². The smallest absolute Gasteiger partial charge is 0.255 e. The van der Waals surface area contributed by atoms with Crippen molar-refractivity contribution < 1.29 is 4.79 Å². The first-order valence-corrected chi connectivity index (χ1v) is 6.37. The molecule has 0 aliphatic carbocycles. The van der Waals surface area contributed by atoms with E-state index in [0.717, 1.165) is 22.5 Å². The molecule has 0 bridgehead atoms. The lowest BCUT2D eigenvalue weighted by molar-refractivity contribution is 0.102. The monoisotopic (exact) mass is 274 g/mol. The van der Waals surface area contributed by atoms with E-state index in [9.17, 15) is 4.79 Å². The van der Waals surface area contributed by atoms with Crippen molar-refractivity contribution in [3.8, 4) is 0 Å². The van der Waals surface area contributed by atoms with Crippen LogP contribution in [0.25, 0.3) is 0 Å². The Morgan fingerprint density at radius 1 is 1.21 bits per heavy atom. The number of carbonyl (C=O) groups excluding carboxylic acids is 1. The second-order valence-corrected chi connectivity index (χ2v) is 4.91. The van der Waals surface area contributed by atoms with Gasteiger partial charge in [0.25, 0.3) is 5.91 Å². The zero-order valence-electron chi connectivity index (χ0n) is 11.1. The predicted molar refractivity (Wildman–Crippen MR) is 77.9 cm³/mol. The van der Waals surface area contributed by atoms with Gasteiger partial charge in [-0.05, 0) is 50.1 Å². The molecule has 0 fully saturated rings. The Labute approximate surface area is 117 Å². The number of hydrogen-bond donors (Lipinski definition) is 1. The Balaban J connectivity index is 2.28. The third-order valence-corrected chi connectivity index (χ3v) is 3.23. The highest BCUT2D eigenvalue weighted by atomic mass is 35.5. The minimum absolute atomic E-state index is 0.180. The second kappa shape index (κ2) is 5.41. The normalized spacial score (nSPS) is 10.3. The average molecular weight is 275 g/mol. The summed E-state index contributed by atoms with van der Waals surface area (Å²) in [6.45, 7) is 5.80. The lowest BCUT2D eigenvalue weighted by Gasteiger charge is -2.10. The third-order valence-electron chi connectivity index (χ3n) is 3.04. The Morgan fingerprint density at radius 2 is 1.95 bits per heavy atom. The lowest BCUT2D eigenvalue weighted by atomic mass is 10.1. The molecule has 2 aromatic rings. The molecule has 0 aliphatic rings. The van der Waals surface area contributed by atoms with E-state index in [1.54, 1.807) is 19.1 Å². The molecule has 1 aromatic carbocycles. The largest absolute Gasteiger partial charge is 0.322 e. The molecule has 3 nitrogen and oxygen atoms in total. The molecule has 0 saturated heterocycles. The van der Waals surface area contributed by atoms with Crippen LogP contribution in [0.4, 0.5) is 5.69 Å². The maximum absolute atomic E-state index is 12.2. The summed E-state index contributed by atoms with van der Waals surface area (Å²) in [5.74, 6) is -0.180. The highest BCUT2D eigenvalue weighted by Gasteiger charge is 2.10. The van der Waals surface area contributed by atoms with E-state index in [0.29, 0.717) is 10.7 Å². The van der Waals surface area contributed by atoms with Crippen molar-refractivity contribution in [3.05, 3.63) is 57.9 Å². The third kappa shape index (κ3) is 3.12. The van der Waals surface area contributed by atoms with Gasteiger partial charge in [-0.3, -0.25) is 4.79 Å². The molecule has 0 saturated carbocycles. The molecule has 0 aliphatic heterocycles. The molecule has 1 N–H and O–H groups in total. The summed E-state index contributed by atoms with van der Waals surface area (Å²) in [5.41, 5.74) is 4.25. The van der Waals surface area contributed by atoms with Crippen molar-refractivity contribution in [2.24, 2.45) is 0 Å². The van der Waals surface area contributed by atoms with E-state index in [1.165, 1.54) is 0 Å². The van der Waals surface area contributed by atoms with Crippen molar-refractivity contribution in [2.75, 3.05) is 5.32 Å². The summed E-state index contributed by atoms with van der Waals surface area (Å²) in [6.07, 6.45) is 0. The van der Waals surface area contributed by atoms with E-state index in [-0.39, 0.29) is 5.91 Å². The van der Waals surface area contributed by atoms with Crippen molar-refractivity contribution in [3.63, 3.8) is 0 Å². The Morgan fingerprint density at radius 3 is 2.63 bits per heavy atom. The van der Waals surface area contributed by atoms with Gasteiger partial charge in [0.05, 0.1) is 0 Å². The van der Waals surface area contributed by atoms with E-state index < -0.39 is 0 Å². The van der Waals surface area contributed by atoms with Crippen LogP contribution in [-0.4, -0.2) is 10.9 Å². The van der Waals surface area contributed by atoms with Gasteiger partial charge in [-0.15, -0.1) is 0 Å². The number of halogens is 1. The van der Waals surface area contributed by atoms with Crippen LogP contribution in [0.3, 0.4) is 0 Å². The van der Waals surface area contributed by atoms with Crippen molar-refractivity contribution in [2.45, 2.75) is 20.8 Å². The molecule has 0 spiro atoms. The van der Waals surface area contributed by atoms with Crippen LogP contribution in [0, 0.1) is 20.8 Å². The first-order valence-electron chi connectivity index (χ1n) is 5.99. The molecule has 98 valence electrons. The van der Waals surface area contributed by atoms with Gasteiger partial charge in [0.1, 0.15) is 5.15 Å². The summed E-state index contributed by atoms with van der Waals surface area (Å²) in [6, 6.07) is 9.10. The number of hydrogen-bond acceptors (Lipinski definition) is 2. The molecule has 4 heteroatoms. The number of benzene rings is 1. The molecule has 1 amide bonds. The van der Waals surface area contributed by atoms with Gasteiger partial charge < -0.3 is 5.32 Å². The topological polar surface area (TPSA) is 42.0 Å². The summed E-state index contributed by atoms with van der Waals surface area (Å²) in [7, 11) is 0. The van der Waals surface area contributed by atoms with Gasteiger partial charge in [-0.25, -0.2) is 4.98 Å². The number of nitrogens with zero attached hydrogens (tertiary/aromatic N) is 1. The standard InChI is InChI=1S/C15H15ClN2O/c1-9-5-4-6-13(11(9)3)18-15(19)12-7-10(2)17-14(16)8-12/h4-8H,1-3H3,(H,18,19). The van der Waals surface area contributed by atoms with Gasteiger partial charge >= 0.3 is 0 Å². The summed E-state index contributed by atoms with van der Waals surface area (Å²) in [4.78, 5) is 16.2. The number of rotatable bonds is 2. The second-order valence-electron chi connectivity index (χ2n) is 4.52. The Hall–Kier alpha value is -1.87. The fourth-order valence-corrected chi connectivity index (χ4v) is 2.09. The quantitative estimate of drug-likeness (QED) is 0.844. The lowest BCUT2D eigenvalue weighted by Crippen LogP contribution is -2.13. The zero-order chi connectivity index (χ0) is 14.0. The van der Waals surface area contributed by atoms with Crippen molar-refractivity contribution >= 4 is 23.2 Å². The van der Waals surface area contributed by atoms with Gasteiger partial charge in [0.15, 0.2) is 0 Å². The predicted octanol–water partition coefficient (Wildman–Crippen LogP) is 3.91. The molecule has 0 radical (unpaired) electrons. The number of carbonyl (C=O) groups is 1. The number of aromatic nitrogens is 1. The number of anilines is 1. The number of aryl methyl sites for hydroxylation is 2. The van der Waals surface area contributed by atoms with E-state index in [2.05, 4.69) is 10.3 Å². The molecule has 1 heterocycles. The van der Waals surface area contributed by atoms with Gasteiger partial charge in [0.2, 0.25) is 0 Å².